The quantitative estimate of drug-likeness (QED) is 0.642. The molecule has 160 valence electrons. The van der Waals surface area contributed by atoms with E-state index in [1.165, 1.54) is 24.8 Å². The summed E-state index contributed by atoms with van der Waals surface area (Å²) in [4.78, 5) is 42.4. The van der Waals surface area contributed by atoms with Crippen molar-refractivity contribution in [2.75, 3.05) is 43.1 Å². The Morgan fingerprint density at radius 3 is 1.93 bits per heavy atom. The Kier molecular flexibility index (Phi) is 7.47. The van der Waals surface area contributed by atoms with Crippen LogP contribution in [0.1, 0.15) is 47.4 Å². The monoisotopic (exact) mass is 414 g/mol. The van der Waals surface area contributed by atoms with Crippen LogP contribution in [0.2, 0.25) is 0 Å². The molecule has 10 nitrogen and oxygen atoms in total. The molecule has 0 aliphatic carbocycles. The molecule has 1 saturated heterocycles. The van der Waals surface area contributed by atoms with Gasteiger partial charge in [-0.2, -0.15) is 0 Å². The molecule has 0 spiro atoms. The van der Waals surface area contributed by atoms with Gasteiger partial charge in [-0.05, 0) is 32.6 Å². The molecule has 0 amide bonds. The van der Waals surface area contributed by atoms with Gasteiger partial charge in [0.1, 0.15) is 0 Å². The molecule has 2 aromatic rings. The van der Waals surface area contributed by atoms with E-state index < -0.39 is 11.9 Å². The highest BCUT2D eigenvalue weighted by Crippen LogP contribution is 2.21. The summed E-state index contributed by atoms with van der Waals surface area (Å²) in [5.74, 6) is 0.740. The summed E-state index contributed by atoms with van der Waals surface area (Å²) in [6.45, 7) is 6.55. The van der Waals surface area contributed by atoms with E-state index >= 15 is 0 Å². The van der Waals surface area contributed by atoms with Crippen molar-refractivity contribution in [2.24, 2.45) is 5.92 Å². The minimum atomic E-state index is -0.422. The number of nitrogens with zero attached hydrogens (tertiary/aromatic N) is 5. The minimum Gasteiger partial charge on any atom is -0.462 e. The highest BCUT2D eigenvalue weighted by Gasteiger charge is 2.21. The first-order chi connectivity index (χ1) is 14.6. The van der Waals surface area contributed by atoms with Gasteiger partial charge >= 0.3 is 11.9 Å². The zero-order chi connectivity index (χ0) is 21.3. The van der Waals surface area contributed by atoms with Gasteiger partial charge in [0.25, 0.3) is 0 Å². The zero-order valence-electron chi connectivity index (χ0n) is 17.2. The molecule has 10 heteroatoms. The van der Waals surface area contributed by atoms with E-state index in [-0.39, 0.29) is 0 Å². The molecule has 0 atom stereocenters. The van der Waals surface area contributed by atoms with Gasteiger partial charge in [-0.3, -0.25) is 0 Å². The molecule has 1 aliphatic heterocycles. The van der Waals surface area contributed by atoms with E-state index in [1.807, 2.05) is 0 Å². The number of carbonyl (C=O) groups is 2. The second-order valence-corrected chi connectivity index (χ2v) is 6.82. The number of anilines is 2. The van der Waals surface area contributed by atoms with Crippen molar-refractivity contribution < 1.29 is 19.1 Å². The number of aromatic nitrogens is 4. The van der Waals surface area contributed by atoms with Gasteiger partial charge in [-0.1, -0.05) is 0 Å². The van der Waals surface area contributed by atoms with Gasteiger partial charge in [-0.15, -0.1) is 0 Å². The Labute approximate surface area is 175 Å². The zero-order valence-corrected chi connectivity index (χ0v) is 17.2. The molecule has 0 radical (unpaired) electrons. The number of piperidine rings is 1. The van der Waals surface area contributed by atoms with E-state index in [0.717, 1.165) is 32.5 Å². The third-order valence-electron chi connectivity index (χ3n) is 4.76. The summed E-state index contributed by atoms with van der Waals surface area (Å²) in [6, 6.07) is 0. The summed E-state index contributed by atoms with van der Waals surface area (Å²) in [5, 5.41) is 3.22. The Morgan fingerprint density at radius 1 is 0.933 bits per heavy atom. The number of hydrogen-bond donors (Lipinski definition) is 1. The van der Waals surface area contributed by atoms with Gasteiger partial charge < -0.3 is 19.7 Å². The first-order valence-corrected chi connectivity index (χ1v) is 10.1. The first-order valence-electron chi connectivity index (χ1n) is 10.1. The molecule has 1 N–H and O–H groups in total. The van der Waals surface area contributed by atoms with Crippen LogP contribution in [-0.4, -0.2) is 64.7 Å². The van der Waals surface area contributed by atoms with Gasteiger partial charge in [0.05, 0.1) is 24.3 Å². The summed E-state index contributed by atoms with van der Waals surface area (Å²) >= 11 is 0. The van der Waals surface area contributed by atoms with Crippen molar-refractivity contribution in [1.29, 1.82) is 0 Å². The van der Waals surface area contributed by atoms with Gasteiger partial charge in [0, 0.05) is 44.4 Å². The van der Waals surface area contributed by atoms with Crippen LogP contribution >= 0.6 is 0 Å². The second-order valence-electron chi connectivity index (χ2n) is 6.82. The van der Waals surface area contributed by atoms with E-state index in [4.69, 9.17) is 9.47 Å². The van der Waals surface area contributed by atoms with E-state index in [1.54, 1.807) is 13.8 Å². The summed E-state index contributed by atoms with van der Waals surface area (Å²) < 4.78 is 9.87. The fraction of sp³-hybridized carbons (Fsp3) is 0.500. The second kappa shape index (κ2) is 10.5. The molecule has 0 saturated carbocycles. The number of ether oxygens (including phenoxy) is 2. The third kappa shape index (κ3) is 5.62. The van der Waals surface area contributed by atoms with Crippen LogP contribution in [0.5, 0.6) is 0 Å². The van der Waals surface area contributed by atoms with E-state index in [9.17, 15) is 9.59 Å². The third-order valence-corrected chi connectivity index (χ3v) is 4.76. The lowest BCUT2D eigenvalue weighted by Gasteiger charge is -2.32. The summed E-state index contributed by atoms with van der Waals surface area (Å²) in [7, 11) is 0. The molecule has 3 rings (SSSR count). The van der Waals surface area contributed by atoms with Crippen molar-refractivity contribution in [3.8, 4) is 0 Å². The van der Waals surface area contributed by atoms with Crippen LogP contribution in [0.25, 0.3) is 0 Å². The van der Waals surface area contributed by atoms with Gasteiger partial charge in [-0.25, -0.2) is 29.5 Å². The summed E-state index contributed by atoms with van der Waals surface area (Å²) in [6.07, 6.45) is 7.88. The lowest BCUT2D eigenvalue weighted by atomic mass is 9.97. The normalized spacial score (nSPS) is 14.3. The first kappa shape index (κ1) is 21.4. The largest absolute Gasteiger partial charge is 0.462 e. The van der Waals surface area contributed by atoms with Crippen LogP contribution < -0.4 is 10.2 Å². The molecule has 3 heterocycles. The maximum atomic E-state index is 11.7. The maximum absolute atomic E-state index is 11.7. The fourth-order valence-electron chi connectivity index (χ4n) is 3.12. The maximum Gasteiger partial charge on any atom is 0.341 e. The van der Waals surface area contributed by atoms with Crippen LogP contribution in [0.3, 0.4) is 0 Å². The lowest BCUT2D eigenvalue weighted by molar-refractivity contribution is 0.0515. The van der Waals surface area contributed by atoms with Crippen LogP contribution in [0.4, 0.5) is 11.9 Å². The number of esters is 2. The topological polar surface area (TPSA) is 119 Å². The Morgan fingerprint density at radius 2 is 1.43 bits per heavy atom. The van der Waals surface area contributed by atoms with Crippen LogP contribution in [-0.2, 0) is 9.47 Å². The van der Waals surface area contributed by atoms with E-state index in [2.05, 4.69) is 30.2 Å². The van der Waals surface area contributed by atoms with Crippen LogP contribution in [0.15, 0.2) is 24.8 Å². The molecule has 2 aromatic heterocycles. The molecule has 0 unspecified atom stereocenters. The van der Waals surface area contributed by atoms with Gasteiger partial charge in [0.2, 0.25) is 11.9 Å². The molecule has 30 heavy (non-hydrogen) atoms. The number of nitrogens with one attached hydrogen (secondary N) is 1. The Balaban J connectivity index is 1.44. The molecular weight excluding hydrogens is 388 g/mol. The fourth-order valence-corrected chi connectivity index (χ4v) is 3.12. The smallest absolute Gasteiger partial charge is 0.341 e. The predicted molar refractivity (Wildman–Crippen MR) is 109 cm³/mol. The SMILES string of the molecule is CCOC(=O)c1cnc(NCC2CCN(c3ncc(C(=O)OCC)cn3)CC2)nc1. The van der Waals surface area contributed by atoms with Crippen molar-refractivity contribution >= 4 is 23.8 Å². The standard InChI is InChI=1S/C20H26N6O4/c1-3-29-17(27)15-10-22-19(23-11-15)21-9-14-5-7-26(8-6-14)20-24-12-16(13-25-20)18(28)30-4-2/h10-14H,3-9H2,1-2H3,(H,21,22,23). The average Bonchev–Trinajstić information content (AvgIpc) is 2.79. The van der Waals surface area contributed by atoms with Crippen molar-refractivity contribution in [3.63, 3.8) is 0 Å². The predicted octanol–water partition coefficient (Wildman–Crippen LogP) is 1.95. The van der Waals surface area contributed by atoms with Crippen molar-refractivity contribution in [2.45, 2.75) is 26.7 Å². The van der Waals surface area contributed by atoms with E-state index in [0.29, 0.717) is 42.2 Å². The molecular formula is C20H26N6O4. The average molecular weight is 414 g/mol. The van der Waals surface area contributed by atoms with Crippen LogP contribution in [0, 0.1) is 5.92 Å². The number of hydrogen-bond acceptors (Lipinski definition) is 10. The molecule has 0 bridgehead atoms. The highest BCUT2D eigenvalue weighted by molar-refractivity contribution is 5.89. The van der Waals surface area contributed by atoms with Crippen molar-refractivity contribution in [1.82, 2.24) is 19.9 Å². The molecule has 0 aromatic carbocycles. The molecule has 1 fully saturated rings. The minimum absolute atomic E-state index is 0.318. The van der Waals surface area contributed by atoms with Gasteiger partial charge in [0.15, 0.2) is 0 Å². The summed E-state index contributed by atoms with van der Waals surface area (Å²) in [5.41, 5.74) is 0.693. The van der Waals surface area contributed by atoms with Crippen molar-refractivity contribution in [3.05, 3.63) is 35.9 Å². The molecule has 1 aliphatic rings. The number of rotatable bonds is 8. The Hall–Kier alpha value is -3.30. The lowest BCUT2D eigenvalue weighted by Crippen LogP contribution is -2.37. The number of carbonyl (C=O) groups excluding carboxylic acids is 2. The Bertz CT molecular complexity index is 835. The highest BCUT2D eigenvalue weighted by atomic mass is 16.5.